The Morgan fingerprint density at radius 1 is 1.45 bits per heavy atom. The molecular weight excluding hydrogens is 346 g/mol. The standard InChI is InChI=1S/C9H15NO10S2/c1-3-6(16-2)9(11)8(20-21(10,12)13)7-5(4-17-9)18-22(14,15)19-7/h3,5,7-8,11H,4H2,1-2H3,(H2,10,12,13)/t5-,7-,8+,9-/m1/s1. The number of nitrogens with two attached hydrogens (primary N) is 1. The molecule has 0 aromatic carbocycles. The Hall–Kier alpha value is -0.800. The first-order chi connectivity index (χ1) is 10.0. The zero-order chi connectivity index (χ0) is 16.8. The molecular formula is C9H15NO10S2. The molecule has 2 saturated heterocycles. The molecule has 0 spiro atoms. The summed E-state index contributed by atoms with van der Waals surface area (Å²) in [6, 6.07) is 0. The maximum atomic E-state index is 11.4. The highest BCUT2D eigenvalue weighted by atomic mass is 32.3. The van der Waals surface area contributed by atoms with Gasteiger partial charge in [-0.15, -0.1) is 0 Å². The van der Waals surface area contributed by atoms with Crippen LogP contribution in [0.5, 0.6) is 0 Å². The average Bonchev–Trinajstić information content (AvgIpc) is 2.68. The minimum atomic E-state index is -4.57. The highest BCUT2D eigenvalue weighted by Gasteiger charge is 2.61. The smallest absolute Gasteiger partial charge is 0.400 e. The summed E-state index contributed by atoms with van der Waals surface area (Å²) in [4.78, 5) is 0. The summed E-state index contributed by atoms with van der Waals surface area (Å²) in [7, 11) is -7.75. The minimum Gasteiger partial charge on any atom is -0.496 e. The van der Waals surface area contributed by atoms with E-state index in [-0.39, 0.29) is 5.76 Å². The Balaban J connectivity index is 2.47. The molecule has 0 aromatic rings. The van der Waals surface area contributed by atoms with Gasteiger partial charge in [0.2, 0.25) is 0 Å². The van der Waals surface area contributed by atoms with Crippen LogP contribution in [0.3, 0.4) is 0 Å². The fourth-order valence-electron chi connectivity index (χ4n) is 2.26. The van der Waals surface area contributed by atoms with Crippen LogP contribution in [0, 0.1) is 0 Å². The summed E-state index contributed by atoms with van der Waals surface area (Å²) in [6.45, 7) is 1.06. The fourth-order valence-corrected chi connectivity index (χ4v) is 3.79. The SMILES string of the molecule is CC=C(OC)[C@@]1(O)OC[C@H]2OS(=O)(=O)O[C@H]2[C@@H]1OS(N)(=O)=O. The largest absolute Gasteiger partial charge is 0.496 e. The Morgan fingerprint density at radius 2 is 2.09 bits per heavy atom. The first-order valence-corrected chi connectivity index (χ1v) is 8.72. The summed E-state index contributed by atoms with van der Waals surface area (Å²) in [5, 5.41) is 15.4. The van der Waals surface area contributed by atoms with Crippen LogP contribution in [-0.2, 0) is 42.7 Å². The second kappa shape index (κ2) is 5.68. The van der Waals surface area contributed by atoms with Gasteiger partial charge >= 0.3 is 20.7 Å². The zero-order valence-electron chi connectivity index (χ0n) is 11.5. The molecule has 3 N–H and O–H groups in total. The van der Waals surface area contributed by atoms with E-state index in [0.29, 0.717) is 0 Å². The number of hydrogen-bond donors (Lipinski definition) is 2. The molecule has 2 heterocycles. The van der Waals surface area contributed by atoms with Crippen molar-refractivity contribution in [1.29, 1.82) is 0 Å². The van der Waals surface area contributed by atoms with Crippen molar-refractivity contribution in [3.63, 3.8) is 0 Å². The lowest BCUT2D eigenvalue weighted by Gasteiger charge is -2.42. The summed E-state index contributed by atoms with van der Waals surface area (Å²) in [6.07, 6.45) is -3.27. The van der Waals surface area contributed by atoms with Crippen LogP contribution in [-0.4, -0.2) is 59.8 Å². The first kappa shape index (κ1) is 17.6. The minimum absolute atomic E-state index is 0.215. The predicted molar refractivity (Wildman–Crippen MR) is 68.3 cm³/mol. The molecule has 2 rings (SSSR count). The van der Waals surface area contributed by atoms with E-state index >= 15 is 0 Å². The summed E-state index contributed by atoms with van der Waals surface area (Å²) in [5.74, 6) is -2.65. The van der Waals surface area contributed by atoms with E-state index in [0.717, 1.165) is 0 Å². The van der Waals surface area contributed by atoms with Gasteiger partial charge in [-0.2, -0.15) is 16.8 Å². The van der Waals surface area contributed by atoms with Crippen LogP contribution in [0.2, 0.25) is 0 Å². The van der Waals surface area contributed by atoms with Crippen LogP contribution in [0.15, 0.2) is 11.8 Å². The molecule has 0 saturated carbocycles. The molecule has 2 fully saturated rings. The number of aliphatic hydroxyl groups is 1. The molecule has 0 aliphatic carbocycles. The molecule has 0 aromatic heterocycles. The topological polar surface area (TPSA) is 161 Å². The van der Waals surface area contributed by atoms with E-state index in [1.165, 1.54) is 20.1 Å². The third-order valence-corrected chi connectivity index (χ3v) is 4.48. The molecule has 4 atom stereocenters. The van der Waals surface area contributed by atoms with Gasteiger partial charge in [0.25, 0.3) is 5.79 Å². The molecule has 128 valence electrons. The van der Waals surface area contributed by atoms with Crippen LogP contribution in [0.4, 0.5) is 0 Å². The quantitative estimate of drug-likeness (QED) is 0.529. The Bertz CT molecular complexity index is 671. The van der Waals surface area contributed by atoms with Gasteiger partial charge in [-0.05, 0) is 13.0 Å². The van der Waals surface area contributed by atoms with E-state index in [4.69, 9.17) is 14.6 Å². The second-order valence-electron chi connectivity index (χ2n) is 4.48. The lowest BCUT2D eigenvalue weighted by Crippen LogP contribution is -2.62. The van der Waals surface area contributed by atoms with Crippen LogP contribution in [0.25, 0.3) is 0 Å². The maximum absolute atomic E-state index is 11.4. The van der Waals surface area contributed by atoms with Crippen molar-refractivity contribution in [2.45, 2.75) is 31.0 Å². The number of hydrogen-bond acceptors (Lipinski definition) is 10. The number of methoxy groups -OCH3 is 1. The summed E-state index contributed by atoms with van der Waals surface area (Å²) in [5.41, 5.74) is 0. The number of allylic oxidation sites excluding steroid dienone is 1. The third-order valence-electron chi connectivity index (χ3n) is 3.06. The Morgan fingerprint density at radius 3 is 2.59 bits per heavy atom. The maximum Gasteiger partial charge on any atom is 0.400 e. The average molecular weight is 361 g/mol. The van der Waals surface area contributed by atoms with Crippen LogP contribution >= 0.6 is 0 Å². The molecule has 13 heteroatoms. The van der Waals surface area contributed by atoms with Crippen molar-refractivity contribution in [2.75, 3.05) is 13.7 Å². The lowest BCUT2D eigenvalue weighted by molar-refractivity contribution is -0.291. The molecule has 0 bridgehead atoms. The van der Waals surface area contributed by atoms with Gasteiger partial charge in [-0.25, -0.2) is 17.7 Å². The molecule has 0 unspecified atom stereocenters. The molecule has 2 aliphatic rings. The van der Waals surface area contributed by atoms with E-state index in [2.05, 4.69) is 12.5 Å². The Labute approximate surface area is 127 Å². The van der Waals surface area contributed by atoms with Crippen LogP contribution in [0.1, 0.15) is 6.92 Å². The number of rotatable bonds is 4. The van der Waals surface area contributed by atoms with Crippen molar-refractivity contribution < 1.29 is 44.0 Å². The van der Waals surface area contributed by atoms with Crippen molar-refractivity contribution in [3.8, 4) is 0 Å². The monoisotopic (exact) mass is 361 g/mol. The van der Waals surface area contributed by atoms with E-state index in [9.17, 15) is 21.9 Å². The van der Waals surface area contributed by atoms with Gasteiger partial charge < -0.3 is 14.6 Å². The predicted octanol–water partition coefficient (Wildman–Crippen LogP) is -2.13. The highest BCUT2D eigenvalue weighted by molar-refractivity contribution is 7.84. The summed E-state index contributed by atoms with van der Waals surface area (Å²) >= 11 is 0. The number of fused-ring (bicyclic) bond motifs is 1. The molecule has 0 radical (unpaired) electrons. The molecule has 22 heavy (non-hydrogen) atoms. The van der Waals surface area contributed by atoms with Crippen molar-refractivity contribution in [2.24, 2.45) is 5.14 Å². The van der Waals surface area contributed by atoms with Crippen molar-refractivity contribution >= 4 is 20.7 Å². The molecule has 11 nitrogen and oxygen atoms in total. The van der Waals surface area contributed by atoms with Gasteiger partial charge in [0.15, 0.2) is 11.9 Å². The molecule has 0 amide bonds. The fraction of sp³-hybridized carbons (Fsp3) is 0.778. The van der Waals surface area contributed by atoms with Crippen molar-refractivity contribution in [1.82, 2.24) is 0 Å². The van der Waals surface area contributed by atoms with Crippen LogP contribution < -0.4 is 5.14 Å². The Kier molecular flexibility index (Phi) is 4.53. The van der Waals surface area contributed by atoms with Gasteiger partial charge in [0.1, 0.15) is 12.2 Å². The van der Waals surface area contributed by atoms with Crippen molar-refractivity contribution in [3.05, 3.63) is 11.8 Å². The van der Waals surface area contributed by atoms with Gasteiger partial charge in [-0.1, -0.05) is 0 Å². The van der Waals surface area contributed by atoms with E-state index < -0.39 is 51.4 Å². The highest BCUT2D eigenvalue weighted by Crippen LogP contribution is 2.39. The second-order valence-corrected chi connectivity index (χ2v) is 6.86. The van der Waals surface area contributed by atoms with Gasteiger partial charge in [0.05, 0.1) is 13.7 Å². The summed E-state index contributed by atoms with van der Waals surface area (Å²) < 4.78 is 69.0. The van der Waals surface area contributed by atoms with Gasteiger partial charge in [0, 0.05) is 0 Å². The van der Waals surface area contributed by atoms with E-state index in [1.54, 1.807) is 0 Å². The normalized spacial score (nSPS) is 38.5. The lowest BCUT2D eigenvalue weighted by atomic mass is 9.95. The zero-order valence-corrected chi connectivity index (χ0v) is 13.2. The molecule has 2 aliphatic heterocycles. The third kappa shape index (κ3) is 3.26. The number of ether oxygens (including phenoxy) is 2. The first-order valence-electron chi connectivity index (χ1n) is 5.92. The van der Waals surface area contributed by atoms with E-state index in [1.807, 2.05) is 0 Å². The van der Waals surface area contributed by atoms with Gasteiger partial charge in [-0.3, -0.25) is 0 Å².